The summed E-state index contributed by atoms with van der Waals surface area (Å²) < 4.78 is 5.37. The number of hydrogen-bond acceptors (Lipinski definition) is 6. The highest BCUT2D eigenvalue weighted by Gasteiger charge is 2.21. The standard InChI is InChI=1S/C12H15N3O4/c16-7-8-19-11-3-5-14(6-4-11)10-1-2-12(13-9-10)15(17)18/h1-2,7,9,11H,3-6,8H2. The van der Waals surface area contributed by atoms with Crippen LogP contribution < -0.4 is 4.90 Å². The molecule has 102 valence electrons. The quantitative estimate of drug-likeness (QED) is 0.451. The molecule has 0 saturated carbocycles. The number of nitrogens with zero attached hydrogens (tertiary/aromatic N) is 3. The van der Waals surface area contributed by atoms with Crippen LogP contribution in [0.4, 0.5) is 11.5 Å². The maximum atomic E-state index is 10.5. The molecule has 1 aliphatic heterocycles. The molecule has 0 aromatic carbocycles. The molecule has 1 saturated heterocycles. The summed E-state index contributed by atoms with van der Waals surface area (Å²) in [6.07, 6.45) is 4.07. The molecule has 7 heteroatoms. The topological polar surface area (TPSA) is 85.6 Å². The van der Waals surface area contributed by atoms with Crippen LogP contribution in [0.25, 0.3) is 0 Å². The number of carbonyl (C=O) groups is 1. The van der Waals surface area contributed by atoms with Gasteiger partial charge in [-0.15, -0.1) is 0 Å². The van der Waals surface area contributed by atoms with Gasteiger partial charge in [0.05, 0.1) is 11.8 Å². The summed E-state index contributed by atoms with van der Waals surface area (Å²) in [6, 6.07) is 3.11. The fraction of sp³-hybridized carbons (Fsp3) is 0.500. The zero-order chi connectivity index (χ0) is 13.7. The molecule has 1 fully saturated rings. The van der Waals surface area contributed by atoms with Crippen molar-refractivity contribution in [1.29, 1.82) is 0 Å². The number of hydrogen-bond donors (Lipinski definition) is 0. The maximum Gasteiger partial charge on any atom is 0.363 e. The zero-order valence-corrected chi connectivity index (χ0v) is 10.4. The Kier molecular flexibility index (Phi) is 4.40. The van der Waals surface area contributed by atoms with E-state index in [1.54, 1.807) is 6.07 Å². The van der Waals surface area contributed by atoms with Crippen LogP contribution in [0, 0.1) is 10.1 Å². The van der Waals surface area contributed by atoms with Crippen molar-refractivity contribution < 1.29 is 14.5 Å². The summed E-state index contributed by atoms with van der Waals surface area (Å²) in [5.74, 6) is -0.145. The Bertz CT molecular complexity index is 441. The number of carbonyl (C=O) groups excluding carboxylic acids is 1. The van der Waals surface area contributed by atoms with Crippen LogP contribution in [-0.4, -0.2) is 42.0 Å². The van der Waals surface area contributed by atoms with E-state index in [0.29, 0.717) is 0 Å². The van der Waals surface area contributed by atoms with E-state index in [1.807, 2.05) is 0 Å². The first-order valence-electron chi connectivity index (χ1n) is 6.11. The van der Waals surface area contributed by atoms with Crippen LogP contribution in [0.5, 0.6) is 0 Å². The number of nitro groups is 1. The van der Waals surface area contributed by atoms with Crippen LogP contribution in [0.15, 0.2) is 18.3 Å². The van der Waals surface area contributed by atoms with Gasteiger partial charge in [-0.3, -0.25) is 0 Å². The van der Waals surface area contributed by atoms with Crippen molar-refractivity contribution in [3.05, 3.63) is 28.4 Å². The molecule has 0 amide bonds. The van der Waals surface area contributed by atoms with Gasteiger partial charge in [0.25, 0.3) is 0 Å². The molecule has 1 aromatic heterocycles. The number of aldehydes is 1. The molecular formula is C12H15N3O4. The van der Waals surface area contributed by atoms with Crippen LogP contribution in [0.2, 0.25) is 0 Å². The first-order valence-corrected chi connectivity index (χ1v) is 6.11. The second-order valence-corrected chi connectivity index (χ2v) is 4.32. The average Bonchev–Trinajstić information content (AvgIpc) is 2.46. The molecule has 2 rings (SSSR count). The van der Waals surface area contributed by atoms with Gasteiger partial charge >= 0.3 is 5.82 Å². The number of anilines is 1. The molecule has 1 aliphatic rings. The lowest BCUT2D eigenvalue weighted by Gasteiger charge is -2.32. The molecule has 7 nitrogen and oxygen atoms in total. The van der Waals surface area contributed by atoms with Gasteiger partial charge in [0.15, 0.2) is 6.20 Å². The van der Waals surface area contributed by atoms with Crippen LogP contribution in [0.1, 0.15) is 12.8 Å². The third-order valence-electron chi connectivity index (χ3n) is 3.13. The van der Waals surface area contributed by atoms with Crippen molar-refractivity contribution >= 4 is 17.8 Å². The Morgan fingerprint density at radius 3 is 2.74 bits per heavy atom. The Morgan fingerprint density at radius 2 is 2.21 bits per heavy atom. The van der Waals surface area contributed by atoms with Gasteiger partial charge in [0, 0.05) is 19.2 Å². The number of ether oxygens (including phenoxy) is 1. The number of pyridine rings is 1. The summed E-state index contributed by atoms with van der Waals surface area (Å²) in [6.45, 7) is 1.73. The van der Waals surface area contributed by atoms with Gasteiger partial charge in [0.2, 0.25) is 0 Å². The Hall–Kier alpha value is -2.02. The summed E-state index contributed by atoms with van der Waals surface area (Å²) in [5.41, 5.74) is 0.874. The van der Waals surface area contributed by atoms with E-state index in [2.05, 4.69) is 9.88 Å². The molecule has 0 atom stereocenters. The summed E-state index contributed by atoms with van der Waals surface area (Å²) in [5, 5.41) is 10.5. The van der Waals surface area contributed by atoms with Crippen LogP contribution in [-0.2, 0) is 9.53 Å². The smallest absolute Gasteiger partial charge is 0.363 e. The molecule has 0 N–H and O–H groups in total. The van der Waals surface area contributed by atoms with Crippen molar-refractivity contribution in [2.45, 2.75) is 18.9 Å². The molecule has 19 heavy (non-hydrogen) atoms. The van der Waals surface area contributed by atoms with Gasteiger partial charge in [-0.2, -0.15) is 0 Å². The van der Waals surface area contributed by atoms with Gasteiger partial charge in [-0.1, -0.05) is 0 Å². The van der Waals surface area contributed by atoms with Crippen molar-refractivity contribution in [2.75, 3.05) is 24.6 Å². The van der Waals surface area contributed by atoms with Gasteiger partial charge < -0.3 is 24.5 Å². The number of aromatic nitrogens is 1. The average molecular weight is 265 g/mol. The predicted molar refractivity (Wildman–Crippen MR) is 68.1 cm³/mol. The highest BCUT2D eigenvalue weighted by Crippen LogP contribution is 2.22. The third-order valence-corrected chi connectivity index (χ3v) is 3.13. The number of piperidine rings is 1. The first-order chi connectivity index (χ1) is 9.20. The molecule has 2 heterocycles. The lowest BCUT2D eigenvalue weighted by Crippen LogP contribution is -2.37. The Balaban J connectivity index is 1.90. The first kappa shape index (κ1) is 13.4. The van der Waals surface area contributed by atoms with E-state index in [1.165, 1.54) is 12.3 Å². The Morgan fingerprint density at radius 1 is 1.47 bits per heavy atom. The zero-order valence-electron chi connectivity index (χ0n) is 10.4. The van der Waals surface area contributed by atoms with Gasteiger partial charge in [-0.05, 0) is 28.8 Å². The molecule has 0 unspecified atom stereocenters. The normalized spacial score (nSPS) is 16.3. The Labute approximate surface area is 110 Å². The minimum atomic E-state index is -0.511. The monoisotopic (exact) mass is 265 g/mol. The lowest BCUT2D eigenvalue weighted by molar-refractivity contribution is -0.389. The third kappa shape index (κ3) is 3.47. The molecule has 0 bridgehead atoms. The molecule has 0 aliphatic carbocycles. The van der Waals surface area contributed by atoms with E-state index in [4.69, 9.17) is 4.74 Å². The van der Waals surface area contributed by atoms with E-state index < -0.39 is 4.92 Å². The molecule has 0 radical (unpaired) electrons. The van der Waals surface area contributed by atoms with E-state index in [-0.39, 0.29) is 18.5 Å². The highest BCUT2D eigenvalue weighted by atomic mass is 16.6. The maximum absolute atomic E-state index is 10.5. The summed E-state index contributed by atoms with van der Waals surface area (Å²) in [7, 11) is 0. The van der Waals surface area contributed by atoms with Crippen molar-refractivity contribution in [3.8, 4) is 0 Å². The molecule has 0 spiro atoms. The summed E-state index contributed by atoms with van der Waals surface area (Å²) >= 11 is 0. The number of rotatable bonds is 5. The molecular weight excluding hydrogens is 250 g/mol. The second kappa shape index (κ2) is 6.24. The highest BCUT2D eigenvalue weighted by molar-refractivity contribution is 5.50. The van der Waals surface area contributed by atoms with Crippen molar-refractivity contribution in [1.82, 2.24) is 4.98 Å². The summed E-state index contributed by atoms with van der Waals surface area (Å²) in [4.78, 5) is 26.1. The fourth-order valence-corrected chi connectivity index (χ4v) is 2.13. The van der Waals surface area contributed by atoms with E-state index in [0.717, 1.165) is 37.9 Å². The van der Waals surface area contributed by atoms with Gasteiger partial charge in [-0.25, -0.2) is 0 Å². The van der Waals surface area contributed by atoms with Gasteiger partial charge in [0.1, 0.15) is 12.9 Å². The van der Waals surface area contributed by atoms with Crippen molar-refractivity contribution in [3.63, 3.8) is 0 Å². The SMILES string of the molecule is O=CCOC1CCN(c2ccc([N+](=O)[O-])nc2)CC1. The second-order valence-electron chi connectivity index (χ2n) is 4.32. The minimum absolute atomic E-state index is 0.118. The van der Waals surface area contributed by atoms with E-state index >= 15 is 0 Å². The van der Waals surface area contributed by atoms with E-state index in [9.17, 15) is 14.9 Å². The van der Waals surface area contributed by atoms with Crippen LogP contribution in [0.3, 0.4) is 0 Å². The predicted octanol–water partition coefficient (Wildman–Crippen LogP) is 1.17. The molecule has 1 aromatic rings. The van der Waals surface area contributed by atoms with Crippen molar-refractivity contribution in [2.24, 2.45) is 0 Å². The minimum Gasteiger partial charge on any atom is -0.371 e. The fourth-order valence-electron chi connectivity index (χ4n) is 2.13. The lowest BCUT2D eigenvalue weighted by atomic mass is 10.1. The van der Waals surface area contributed by atoms with Crippen LogP contribution >= 0.6 is 0 Å². The largest absolute Gasteiger partial charge is 0.371 e.